The van der Waals surface area contributed by atoms with Crippen molar-refractivity contribution in [3.63, 3.8) is 0 Å². The molecule has 0 unspecified atom stereocenters. The molecular formula is C20H26O2. The first-order valence-corrected chi connectivity index (χ1v) is 8.16. The topological polar surface area (TPSA) is 18.5 Å². The van der Waals surface area contributed by atoms with Crippen molar-refractivity contribution in [2.75, 3.05) is 0 Å². The maximum absolute atomic E-state index is 5.91. The van der Waals surface area contributed by atoms with E-state index in [9.17, 15) is 0 Å². The Morgan fingerprint density at radius 2 is 1.14 bits per heavy atom. The van der Waals surface area contributed by atoms with Gasteiger partial charge in [-0.15, -0.1) is 0 Å². The van der Waals surface area contributed by atoms with Crippen molar-refractivity contribution in [1.29, 1.82) is 0 Å². The molecule has 0 fully saturated rings. The van der Waals surface area contributed by atoms with Crippen LogP contribution in [0.4, 0.5) is 0 Å². The summed E-state index contributed by atoms with van der Waals surface area (Å²) in [4.78, 5) is 0. The Labute approximate surface area is 134 Å². The van der Waals surface area contributed by atoms with Crippen LogP contribution in [0, 0.1) is 0 Å². The highest BCUT2D eigenvalue weighted by Crippen LogP contribution is 2.28. The van der Waals surface area contributed by atoms with Crippen LogP contribution in [-0.4, -0.2) is 12.2 Å². The number of rotatable bonds is 7. The van der Waals surface area contributed by atoms with Crippen molar-refractivity contribution in [2.24, 2.45) is 0 Å². The van der Waals surface area contributed by atoms with E-state index in [0.29, 0.717) is 0 Å². The lowest BCUT2D eigenvalue weighted by Crippen LogP contribution is -2.09. The number of hydrogen-bond donors (Lipinski definition) is 0. The zero-order chi connectivity index (χ0) is 15.9. The van der Waals surface area contributed by atoms with E-state index >= 15 is 0 Å². The molecule has 2 nitrogen and oxygen atoms in total. The van der Waals surface area contributed by atoms with E-state index in [1.807, 2.05) is 24.3 Å². The third-order valence-electron chi connectivity index (χ3n) is 3.83. The predicted molar refractivity (Wildman–Crippen MR) is 92.6 cm³/mol. The molecular weight excluding hydrogens is 272 g/mol. The molecule has 0 saturated heterocycles. The van der Waals surface area contributed by atoms with Crippen molar-refractivity contribution in [1.82, 2.24) is 0 Å². The molecule has 0 bridgehead atoms. The molecule has 0 aliphatic heterocycles. The molecule has 2 rings (SSSR count). The monoisotopic (exact) mass is 298 g/mol. The quantitative estimate of drug-likeness (QED) is 0.652. The zero-order valence-corrected chi connectivity index (χ0v) is 14.0. The summed E-state index contributed by atoms with van der Waals surface area (Å²) < 4.78 is 11.8. The normalized spacial score (nSPS) is 13.5. The first-order valence-electron chi connectivity index (χ1n) is 8.16. The highest BCUT2D eigenvalue weighted by Gasteiger charge is 2.06. The number of hydrogen-bond acceptors (Lipinski definition) is 2. The lowest BCUT2D eigenvalue weighted by Gasteiger charge is -2.15. The van der Waals surface area contributed by atoms with E-state index in [4.69, 9.17) is 9.47 Å². The van der Waals surface area contributed by atoms with Gasteiger partial charge in [0.15, 0.2) is 0 Å². The summed E-state index contributed by atoms with van der Waals surface area (Å²) in [5.41, 5.74) is 2.30. The van der Waals surface area contributed by atoms with E-state index in [0.717, 1.165) is 35.5 Å². The molecule has 0 spiro atoms. The molecule has 0 radical (unpaired) electrons. The third kappa shape index (κ3) is 4.52. The van der Waals surface area contributed by atoms with Gasteiger partial charge in [0.1, 0.15) is 11.5 Å². The average molecular weight is 298 g/mol. The average Bonchev–Trinajstić information content (AvgIpc) is 2.55. The standard InChI is InChI=1S/C20H26O2/c1-5-15(3)21-19-11-7-9-17(13-19)18-10-8-12-20(14-18)22-16(4)6-2/h7-16H,5-6H2,1-4H3/t15-,16-/m1/s1. The number of ether oxygens (including phenoxy) is 2. The minimum atomic E-state index is 0.232. The second kappa shape index (κ2) is 7.88. The fraction of sp³-hybridized carbons (Fsp3) is 0.400. The summed E-state index contributed by atoms with van der Waals surface area (Å²) in [5.74, 6) is 1.83. The van der Waals surface area contributed by atoms with Crippen LogP contribution in [-0.2, 0) is 0 Å². The predicted octanol–water partition coefficient (Wildman–Crippen LogP) is 5.71. The minimum absolute atomic E-state index is 0.232. The zero-order valence-electron chi connectivity index (χ0n) is 14.0. The molecule has 2 aromatic carbocycles. The molecule has 0 saturated carbocycles. The molecule has 0 aliphatic carbocycles. The Kier molecular flexibility index (Phi) is 5.88. The van der Waals surface area contributed by atoms with Crippen molar-refractivity contribution in [2.45, 2.75) is 52.7 Å². The highest BCUT2D eigenvalue weighted by molar-refractivity contribution is 5.66. The van der Waals surface area contributed by atoms with Gasteiger partial charge in [-0.1, -0.05) is 38.1 Å². The minimum Gasteiger partial charge on any atom is -0.491 e. The summed E-state index contributed by atoms with van der Waals surface area (Å²) in [6.45, 7) is 8.44. The van der Waals surface area contributed by atoms with Gasteiger partial charge in [-0.2, -0.15) is 0 Å². The van der Waals surface area contributed by atoms with E-state index in [1.54, 1.807) is 0 Å². The Balaban J connectivity index is 2.20. The van der Waals surface area contributed by atoms with Crippen molar-refractivity contribution in [3.05, 3.63) is 48.5 Å². The van der Waals surface area contributed by atoms with Crippen LogP contribution in [0.5, 0.6) is 11.5 Å². The SMILES string of the molecule is CC[C@@H](C)Oc1cccc(-c2cccc(O[C@H](C)CC)c2)c1. The van der Waals surface area contributed by atoms with Crippen LogP contribution in [0.15, 0.2) is 48.5 Å². The molecule has 118 valence electrons. The summed E-state index contributed by atoms with van der Waals surface area (Å²) in [7, 11) is 0. The molecule has 0 amide bonds. The molecule has 2 atom stereocenters. The Hall–Kier alpha value is -1.96. The van der Waals surface area contributed by atoms with Gasteiger partial charge in [0, 0.05) is 0 Å². The first-order chi connectivity index (χ1) is 10.6. The Bertz CT molecular complexity index is 538. The maximum atomic E-state index is 5.91. The maximum Gasteiger partial charge on any atom is 0.120 e. The van der Waals surface area contributed by atoms with Gasteiger partial charge in [0.25, 0.3) is 0 Å². The largest absolute Gasteiger partial charge is 0.491 e. The summed E-state index contributed by atoms with van der Waals surface area (Å²) in [5, 5.41) is 0. The van der Waals surface area contributed by atoms with Gasteiger partial charge in [0.05, 0.1) is 12.2 Å². The van der Waals surface area contributed by atoms with Crippen LogP contribution in [0.3, 0.4) is 0 Å². The summed E-state index contributed by atoms with van der Waals surface area (Å²) >= 11 is 0. The molecule has 0 N–H and O–H groups in total. The van der Waals surface area contributed by atoms with Gasteiger partial charge in [-0.3, -0.25) is 0 Å². The summed E-state index contributed by atoms with van der Waals surface area (Å²) in [6, 6.07) is 16.5. The molecule has 0 aromatic heterocycles. The van der Waals surface area contributed by atoms with Gasteiger partial charge in [0.2, 0.25) is 0 Å². The number of benzene rings is 2. The molecule has 2 heteroatoms. The van der Waals surface area contributed by atoms with Gasteiger partial charge in [-0.25, -0.2) is 0 Å². The van der Waals surface area contributed by atoms with Crippen LogP contribution in [0.1, 0.15) is 40.5 Å². The fourth-order valence-corrected chi connectivity index (χ4v) is 2.13. The highest BCUT2D eigenvalue weighted by atomic mass is 16.5. The van der Waals surface area contributed by atoms with Gasteiger partial charge < -0.3 is 9.47 Å². The van der Waals surface area contributed by atoms with Crippen LogP contribution in [0.25, 0.3) is 11.1 Å². The Morgan fingerprint density at radius 1 is 0.727 bits per heavy atom. The van der Waals surface area contributed by atoms with E-state index < -0.39 is 0 Å². The van der Waals surface area contributed by atoms with Gasteiger partial charge in [-0.05, 0) is 62.1 Å². The lowest BCUT2D eigenvalue weighted by molar-refractivity contribution is 0.217. The molecule has 0 aliphatic rings. The second-order valence-corrected chi connectivity index (χ2v) is 5.73. The molecule has 22 heavy (non-hydrogen) atoms. The van der Waals surface area contributed by atoms with Gasteiger partial charge >= 0.3 is 0 Å². The second-order valence-electron chi connectivity index (χ2n) is 5.73. The van der Waals surface area contributed by atoms with Crippen LogP contribution < -0.4 is 9.47 Å². The van der Waals surface area contributed by atoms with Crippen molar-refractivity contribution in [3.8, 4) is 22.6 Å². The fourth-order valence-electron chi connectivity index (χ4n) is 2.13. The van der Waals surface area contributed by atoms with Crippen molar-refractivity contribution < 1.29 is 9.47 Å². The molecule has 0 heterocycles. The third-order valence-corrected chi connectivity index (χ3v) is 3.83. The lowest BCUT2D eigenvalue weighted by atomic mass is 10.1. The summed E-state index contributed by atoms with van der Waals surface area (Å²) in [6.07, 6.45) is 2.47. The van der Waals surface area contributed by atoms with Crippen LogP contribution in [0.2, 0.25) is 0 Å². The van der Waals surface area contributed by atoms with Crippen LogP contribution >= 0.6 is 0 Å². The van der Waals surface area contributed by atoms with E-state index in [2.05, 4.69) is 52.0 Å². The smallest absolute Gasteiger partial charge is 0.120 e. The molecule has 2 aromatic rings. The Morgan fingerprint density at radius 3 is 1.50 bits per heavy atom. The first kappa shape index (κ1) is 16.4. The van der Waals surface area contributed by atoms with E-state index in [1.165, 1.54) is 0 Å². The van der Waals surface area contributed by atoms with E-state index in [-0.39, 0.29) is 12.2 Å². The van der Waals surface area contributed by atoms with Crippen molar-refractivity contribution >= 4 is 0 Å².